The molecule has 3 heterocycles. The lowest BCUT2D eigenvalue weighted by Gasteiger charge is -2.17. The van der Waals surface area contributed by atoms with Gasteiger partial charge in [0.25, 0.3) is 5.91 Å². The van der Waals surface area contributed by atoms with Gasteiger partial charge in [0.2, 0.25) is 5.88 Å². The van der Waals surface area contributed by atoms with Crippen LogP contribution in [-0.4, -0.2) is 50.2 Å². The first-order valence-electron chi connectivity index (χ1n) is 6.88. The van der Waals surface area contributed by atoms with E-state index >= 15 is 0 Å². The fourth-order valence-electron chi connectivity index (χ4n) is 2.55. The highest BCUT2D eigenvalue weighted by atomic mass is 16.5. The highest BCUT2D eigenvalue weighted by Gasteiger charge is 2.30. The number of rotatable bonds is 3. The molecule has 0 aliphatic carbocycles. The van der Waals surface area contributed by atoms with Crippen molar-refractivity contribution in [3.05, 3.63) is 35.5 Å². The van der Waals surface area contributed by atoms with E-state index in [-0.39, 0.29) is 12.0 Å². The lowest BCUT2D eigenvalue weighted by molar-refractivity contribution is 0.0769. The first kappa shape index (κ1) is 13.5. The summed E-state index contributed by atoms with van der Waals surface area (Å²) in [4.78, 5) is 22.4. The monoisotopic (exact) mass is 287 g/mol. The van der Waals surface area contributed by atoms with Crippen molar-refractivity contribution in [3.8, 4) is 5.88 Å². The predicted molar refractivity (Wildman–Crippen MR) is 75.0 cm³/mol. The van der Waals surface area contributed by atoms with Crippen molar-refractivity contribution in [3.63, 3.8) is 0 Å². The van der Waals surface area contributed by atoms with Crippen LogP contribution in [0.15, 0.2) is 18.6 Å². The second-order valence-electron chi connectivity index (χ2n) is 5.13. The number of hydrogen-bond acceptors (Lipinski definition) is 5. The molecule has 1 atom stereocenters. The van der Waals surface area contributed by atoms with E-state index in [4.69, 9.17) is 4.74 Å². The van der Waals surface area contributed by atoms with Crippen molar-refractivity contribution in [1.82, 2.24) is 25.1 Å². The number of hydrogen-bond donors (Lipinski definition) is 1. The van der Waals surface area contributed by atoms with Crippen LogP contribution in [0.4, 0.5) is 0 Å². The quantitative estimate of drug-likeness (QED) is 0.914. The Morgan fingerprint density at radius 2 is 2.29 bits per heavy atom. The molecule has 0 saturated carbocycles. The van der Waals surface area contributed by atoms with Gasteiger partial charge in [0.05, 0.1) is 24.0 Å². The van der Waals surface area contributed by atoms with Gasteiger partial charge in [-0.25, -0.2) is 4.98 Å². The molecule has 0 unspecified atom stereocenters. The Balaban J connectivity index is 1.66. The van der Waals surface area contributed by atoms with Gasteiger partial charge in [-0.15, -0.1) is 0 Å². The highest BCUT2D eigenvalue weighted by molar-refractivity contribution is 5.96. The molecule has 110 valence electrons. The van der Waals surface area contributed by atoms with Gasteiger partial charge in [0, 0.05) is 31.1 Å². The first-order valence-corrected chi connectivity index (χ1v) is 6.88. The Morgan fingerprint density at radius 3 is 2.95 bits per heavy atom. The van der Waals surface area contributed by atoms with Gasteiger partial charge >= 0.3 is 0 Å². The van der Waals surface area contributed by atoms with E-state index in [1.54, 1.807) is 23.5 Å². The molecule has 7 heteroatoms. The lowest BCUT2D eigenvalue weighted by atomic mass is 10.2. The van der Waals surface area contributed by atoms with E-state index in [0.717, 1.165) is 17.8 Å². The standard InChI is InChI=1S/C14H17N5O2/c1-9-13(10(2)18-17-9)14(20)19-6-3-11(8-19)21-12-7-15-4-5-16-12/h4-5,7,11H,3,6,8H2,1-2H3,(H,17,18)/t11-/m0/s1. The minimum Gasteiger partial charge on any atom is -0.471 e. The van der Waals surface area contributed by atoms with Gasteiger partial charge in [-0.1, -0.05) is 0 Å². The molecule has 3 rings (SSSR count). The number of likely N-dealkylation sites (tertiary alicyclic amines) is 1. The Hall–Kier alpha value is -2.44. The largest absolute Gasteiger partial charge is 0.471 e. The second-order valence-corrected chi connectivity index (χ2v) is 5.13. The summed E-state index contributed by atoms with van der Waals surface area (Å²) in [5, 5.41) is 6.92. The molecule has 1 amide bonds. The lowest BCUT2D eigenvalue weighted by Crippen LogP contribution is -2.31. The fourth-order valence-corrected chi connectivity index (χ4v) is 2.55. The molecule has 0 spiro atoms. The van der Waals surface area contributed by atoms with Crippen LogP contribution in [0.25, 0.3) is 0 Å². The minimum atomic E-state index is -0.0434. The summed E-state index contributed by atoms with van der Waals surface area (Å²) >= 11 is 0. The average Bonchev–Trinajstić information content (AvgIpc) is 3.07. The molecule has 1 N–H and O–H groups in total. The average molecular weight is 287 g/mol. The zero-order valence-electron chi connectivity index (χ0n) is 12.0. The maximum atomic E-state index is 12.5. The molecule has 0 aromatic carbocycles. The van der Waals surface area contributed by atoms with E-state index in [0.29, 0.717) is 24.5 Å². The van der Waals surface area contributed by atoms with Crippen LogP contribution in [0.2, 0.25) is 0 Å². The van der Waals surface area contributed by atoms with Crippen LogP contribution in [-0.2, 0) is 0 Å². The predicted octanol–water partition coefficient (Wildman–Crippen LogP) is 1.11. The number of nitrogens with zero attached hydrogens (tertiary/aromatic N) is 4. The van der Waals surface area contributed by atoms with Gasteiger partial charge in [0.1, 0.15) is 6.10 Å². The number of carbonyl (C=O) groups excluding carboxylic acids is 1. The zero-order valence-corrected chi connectivity index (χ0v) is 12.0. The van der Waals surface area contributed by atoms with Crippen molar-refractivity contribution < 1.29 is 9.53 Å². The molecule has 1 fully saturated rings. The van der Waals surface area contributed by atoms with Crippen LogP contribution in [0.1, 0.15) is 28.2 Å². The second kappa shape index (κ2) is 5.51. The van der Waals surface area contributed by atoms with E-state index in [9.17, 15) is 4.79 Å². The maximum Gasteiger partial charge on any atom is 0.257 e. The normalized spacial score (nSPS) is 18.0. The number of carbonyl (C=O) groups is 1. The van der Waals surface area contributed by atoms with E-state index in [1.807, 2.05) is 13.8 Å². The number of ether oxygens (including phenoxy) is 1. The van der Waals surface area contributed by atoms with E-state index < -0.39 is 0 Å². The van der Waals surface area contributed by atoms with Crippen LogP contribution in [0, 0.1) is 13.8 Å². The molecule has 2 aromatic rings. The smallest absolute Gasteiger partial charge is 0.257 e. The third kappa shape index (κ3) is 2.72. The summed E-state index contributed by atoms with van der Waals surface area (Å²) in [7, 11) is 0. The number of H-pyrrole nitrogens is 1. The van der Waals surface area contributed by atoms with Crippen molar-refractivity contribution in [2.75, 3.05) is 13.1 Å². The van der Waals surface area contributed by atoms with Crippen LogP contribution < -0.4 is 4.74 Å². The topological polar surface area (TPSA) is 84.0 Å². The van der Waals surface area contributed by atoms with Gasteiger partial charge in [0.15, 0.2) is 0 Å². The van der Waals surface area contributed by atoms with Gasteiger partial charge in [-0.3, -0.25) is 14.9 Å². The third-order valence-electron chi connectivity index (χ3n) is 3.60. The van der Waals surface area contributed by atoms with E-state index in [1.165, 1.54) is 0 Å². The molecule has 21 heavy (non-hydrogen) atoms. The fraction of sp³-hybridized carbons (Fsp3) is 0.429. The summed E-state index contributed by atoms with van der Waals surface area (Å²) in [5.74, 6) is 0.497. The van der Waals surface area contributed by atoms with Crippen molar-refractivity contribution in [2.24, 2.45) is 0 Å². The Morgan fingerprint density at radius 1 is 1.43 bits per heavy atom. The molecule has 1 aliphatic heterocycles. The van der Waals surface area contributed by atoms with Crippen LogP contribution in [0.5, 0.6) is 5.88 Å². The molecule has 7 nitrogen and oxygen atoms in total. The summed E-state index contributed by atoms with van der Waals surface area (Å²) in [6, 6.07) is 0. The number of aromatic nitrogens is 4. The van der Waals surface area contributed by atoms with Crippen LogP contribution in [0.3, 0.4) is 0 Å². The van der Waals surface area contributed by atoms with Crippen molar-refractivity contribution in [1.29, 1.82) is 0 Å². The highest BCUT2D eigenvalue weighted by Crippen LogP contribution is 2.20. The van der Waals surface area contributed by atoms with Crippen molar-refractivity contribution >= 4 is 5.91 Å². The van der Waals surface area contributed by atoms with Crippen molar-refractivity contribution in [2.45, 2.75) is 26.4 Å². The zero-order chi connectivity index (χ0) is 14.8. The minimum absolute atomic E-state index is 0.00370. The number of amides is 1. The Kier molecular flexibility index (Phi) is 3.55. The summed E-state index contributed by atoms with van der Waals surface area (Å²) in [6.07, 6.45) is 5.51. The molecule has 2 aromatic heterocycles. The molecule has 0 bridgehead atoms. The molecular formula is C14H17N5O2. The van der Waals surface area contributed by atoms with Crippen LogP contribution >= 0.6 is 0 Å². The van der Waals surface area contributed by atoms with Gasteiger partial charge in [-0.05, 0) is 13.8 Å². The molecule has 1 aliphatic rings. The van der Waals surface area contributed by atoms with Gasteiger partial charge < -0.3 is 9.64 Å². The summed E-state index contributed by atoms with van der Waals surface area (Å²) < 4.78 is 5.74. The number of aromatic amines is 1. The first-order chi connectivity index (χ1) is 10.1. The SMILES string of the molecule is Cc1n[nH]c(C)c1C(=O)N1CC[C@H](Oc2cnccn2)C1. The number of aryl methyl sites for hydroxylation is 2. The molecular weight excluding hydrogens is 270 g/mol. The number of nitrogens with one attached hydrogen (secondary N) is 1. The Labute approximate surface area is 122 Å². The van der Waals surface area contributed by atoms with E-state index in [2.05, 4.69) is 20.2 Å². The Bertz CT molecular complexity index is 621. The third-order valence-corrected chi connectivity index (χ3v) is 3.60. The van der Waals surface area contributed by atoms with Gasteiger partial charge in [-0.2, -0.15) is 5.10 Å². The maximum absolute atomic E-state index is 12.5. The molecule has 1 saturated heterocycles. The molecule has 0 radical (unpaired) electrons. The summed E-state index contributed by atoms with van der Waals surface area (Å²) in [6.45, 7) is 4.92. The summed E-state index contributed by atoms with van der Waals surface area (Å²) in [5.41, 5.74) is 2.20.